The number of anilines is 1. The predicted octanol–water partition coefficient (Wildman–Crippen LogP) is 3.31. The average Bonchev–Trinajstić information content (AvgIpc) is 2.61. The molecule has 5 nitrogen and oxygen atoms in total. The Hall–Kier alpha value is -3.10. The van der Waals surface area contributed by atoms with Crippen molar-refractivity contribution < 1.29 is 10.2 Å². The molecule has 1 aliphatic rings. The molecular formula is C21H19N3O2. The maximum atomic E-state index is 10.3. The summed E-state index contributed by atoms with van der Waals surface area (Å²) < 4.78 is 0. The van der Waals surface area contributed by atoms with E-state index < -0.39 is 5.60 Å². The van der Waals surface area contributed by atoms with Crippen LogP contribution in [-0.4, -0.2) is 32.1 Å². The molecular weight excluding hydrogens is 326 g/mol. The number of aromatic nitrogens is 2. The normalized spacial score (nSPS) is 21.8. The lowest BCUT2D eigenvalue weighted by molar-refractivity contribution is -0.0235. The van der Waals surface area contributed by atoms with E-state index in [2.05, 4.69) is 21.4 Å². The van der Waals surface area contributed by atoms with Crippen molar-refractivity contribution in [3.63, 3.8) is 0 Å². The summed E-state index contributed by atoms with van der Waals surface area (Å²) >= 11 is 0. The zero-order valence-electron chi connectivity index (χ0n) is 14.4. The minimum atomic E-state index is -0.606. The van der Waals surface area contributed by atoms with Gasteiger partial charge in [0, 0.05) is 27.9 Å². The molecule has 3 aromatic rings. The second-order valence-electron chi connectivity index (χ2n) is 7.07. The largest absolute Gasteiger partial charge is 0.507 e. The van der Waals surface area contributed by atoms with Crippen LogP contribution in [0.15, 0.2) is 42.5 Å². The van der Waals surface area contributed by atoms with Crippen LogP contribution in [0, 0.1) is 12.3 Å². The second-order valence-corrected chi connectivity index (χ2v) is 7.07. The lowest BCUT2D eigenvalue weighted by atomic mass is 9.77. The van der Waals surface area contributed by atoms with Gasteiger partial charge in [0.15, 0.2) is 5.82 Å². The van der Waals surface area contributed by atoms with Gasteiger partial charge in [-0.1, -0.05) is 30.2 Å². The monoisotopic (exact) mass is 345 g/mol. The third kappa shape index (κ3) is 2.85. The molecule has 4 rings (SSSR count). The fraction of sp³-hybridized carbons (Fsp3) is 0.238. The molecule has 0 spiro atoms. The summed E-state index contributed by atoms with van der Waals surface area (Å²) in [5, 5.41) is 34.1. The topological polar surface area (TPSA) is 78.3 Å². The Morgan fingerprint density at radius 1 is 1.15 bits per heavy atom. The standard InChI is InChI=1S/C21H19N3O2/c1-3-13-8-9-17(18(25)10-13)19-15-6-4-5-7-16(15)20(24-23-19)22-14-11-21(2,26)12-14/h1,4-10,14,25-26H,11-12H2,2H3,(H,22,24). The van der Waals surface area contributed by atoms with Crippen LogP contribution < -0.4 is 5.32 Å². The zero-order chi connectivity index (χ0) is 18.3. The van der Waals surface area contributed by atoms with Crippen molar-refractivity contribution in [3.05, 3.63) is 48.0 Å². The average molecular weight is 345 g/mol. The van der Waals surface area contributed by atoms with Gasteiger partial charge in [-0.3, -0.25) is 0 Å². The van der Waals surface area contributed by atoms with Crippen molar-refractivity contribution in [1.29, 1.82) is 0 Å². The number of hydrogen-bond acceptors (Lipinski definition) is 5. The molecule has 1 fully saturated rings. The predicted molar refractivity (Wildman–Crippen MR) is 102 cm³/mol. The fourth-order valence-electron chi connectivity index (χ4n) is 3.53. The first-order valence-electron chi connectivity index (χ1n) is 8.51. The number of rotatable bonds is 3. The molecule has 1 aromatic heterocycles. The molecule has 0 saturated heterocycles. The first-order chi connectivity index (χ1) is 12.5. The molecule has 1 heterocycles. The number of fused-ring (bicyclic) bond motifs is 1. The Morgan fingerprint density at radius 2 is 1.88 bits per heavy atom. The number of nitrogens with zero attached hydrogens (tertiary/aromatic N) is 2. The third-order valence-electron chi connectivity index (χ3n) is 4.82. The van der Waals surface area contributed by atoms with E-state index in [9.17, 15) is 10.2 Å². The molecule has 2 aromatic carbocycles. The van der Waals surface area contributed by atoms with E-state index in [4.69, 9.17) is 6.42 Å². The summed E-state index contributed by atoms with van der Waals surface area (Å²) in [5.41, 5.74) is 1.20. The minimum Gasteiger partial charge on any atom is -0.507 e. The molecule has 1 aliphatic carbocycles. The van der Waals surface area contributed by atoms with Gasteiger partial charge in [-0.25, -0.2) is 0 Å². The molecule has 26 heavy (non-hydrogen) atoms. The first-order valence-corrected chi connectivity index (χ1v) is 8.51. The second kappa shape index (κ2) is 6.01. The molecule has 0 radical (unpaired) electrons. The third-order valence-corrected chi connectivity index (χ3v) is 4.82. The molecule has 0 unspecified atom stereocenters. The van der Waals surface area contributed by atoms with E-state index in [1.54, 1.807) is 18.2 Å². The highest BCUT2D eigenvalue weighted by molar-refractivity contribution is 6.01. The number of hydrogen-bond donors (Lipinski definition) is 3. The number of benzene rings is 2. The quantitative estimate of drug-likeness (QED) is 0.635. The van der Waals surface area contributed by atoms with Crippen LogP contribution in [0.5, 0.6) is 5.75 Å². The van der Waals surface area contributed by atoms with E-state index in [0.29, 0.717) is 35.5 Å². The highest BCUT2D eigenvalue weighted by Crippen LogP contribution is 2.37. The van der Waals surface area contributed by atoms with E-state index in [1.165, 1.54) is 0 Å². The Labute approximate surface area is 151 Å². The summed E-state index contributed by atoms with van der Waals surface area (Å²) in [6, 6.07) is 13.1. The molecule has 0 bridgehead atoms. The highest BCUT2D eigenvalue weighted by Gasteiger charge is 2.38. The van der Waals surface area contributed by atoms with Crippen LogP contribution in [-0.2, 0) is 0 Å². The zero-order valence-corrected chi connectivity index (χ0v) is 14.4. The molecule has 130 valence electrons. The van der Waals surface area contributed by atoms with Crippen molar-refractivity contribution in [2.24, 2.45) is 0 Å². The van der Waals surface area contributed by atoms with Crippen molar-refractivity contribution in [3.8, 4) is 29.4 Å². The number of phenols is 1. The van der Waals surface area contributed by atoms with Gasteiger partial charge in [-0.15, -0.1) is 16.6 Å². The number of phenolic OH excluding ortho intramolecular Hbond substituents is 1. The van der Waals surface area contributed by atoms with Crippen LogP contribution in [0.1, 0.15) is 25.3 Å². The Balaban J connectivity index is 1.76. The lowest BCUT2D eigenvalue weighted by Crippen LogP contribution is -2.48. The van der Waals surface area contributed by atoms with Crippen molar-refractivity contribution in [2.45, 2.75) is 31.4 Å². The van der Waals surface area contributed by atoms with E-state index in [1.807, 2.05) is 31.2 Å². The van der Waals surface area contributed by atoms with Gasteiger partial charge < -0.3 is 15.5 Å². The highest BCUT2D eigenvalue weighted by atomic mass is 16.3. The van der Waals surface area contributed by atoms with Crippen molar-refractivity contribution >= 4 is 16.6 Å². The van der Waals surface area contributed by atoms with Crippen LogP contribution in [0.4, 0.5) is 5.82 Å². The smallest absolute Gasteiger partial charge is 0.156 e. The Morgan fingerprint density at radius 3 is 2.54 bits per heavy atom. The molecule has 5 heteroatoms. The van der Waals surface area contributed by atoms with Gasteiger partial charge >= 0.3 is 0 Å². The molecule has 0 amide bonds. The van der Waals surface area contributed by atoms with Gasteiger partial charge in [-0.2, -0.15) is 0 Å². The number of aromatic hydroxyl groups is 1. The van der Waals surface area contributed by atoms with Gasteiger partial charge in [0.25, 0.3) is 0 Å². The lowest BCUT2D eigenvalue weighted by Gasteiger charge is -2.41. The van der Waals surface area contributed by atoms with Gasteiger partial charge in [0.05, 0.1) is 5.60 Å². The molecule has 0 atom stereocenters. The summed E-state index contributed by atoms with van der Waals surface area (Å²) in [5.74, 6) is 3.27. The fourth-order valence-corrected chi connectivity index (χ4v) is 3.53. The minimum absolute atomic E-state index is 0.0793. The summed E-state index contributed by atoms with van der Waals surface area (Å²) in [6.07, 6.45) is 6.75. The Kier molecular flexibility index (Phi) is 3.78. The number of nitrogens with one attached hydrogen (secondary N) is 1. The molecule has 0 aliphatic heterocycles. The molecule has 3 N–H and O–H groups in total. The van der Waals surface area contributed by atoms with E-state index >= 15 is 0 Å². The molecule has 1 saturated carbocycles. The maximum Gasteiger partial charge on any atom is 0.156 e. The number of aliphatic hydroxyl groups is 1. The van der Waals surface area contributed by atoms with Gasteiger partial charge in [-0.05, 0) is 38.0 Å². The van der Waals surface area contributed by atoms with Crippen molar-refractivity contribution in [1.82, 2.24) is 10.2 Å². The van der Waals surface area contributed by atoms with E-state index in [-0.39, 0.29) is 11.8 Å². The maximum absolute atomic E-state index is 10.3. The summed E-state index contributed by atoms with van der Waals surface area (Å²) in [6.45, 7) is 1.83. The van der Waals surface area contributed by atoms with Gasteiger partial charge in [0.1, 0.15) is 11.4 Å². The first kappa shape index (κ1) is 16.4. The van der Waals surface area contributed by atoms with Gasteiger partial charge in [0.2, 0.25) is 0 Å². The Bertz CT molecular complexity index is 1030. The van der Waals surface area contributed by atoms with Crippen LogP contribution >= 0.6 is 0 Å². The summed E-state index contributed by atoms with van der Waals surface area (Å²) in [4.78, 5) is 0. The van der Waals surface area contributed by atoms with Crippen LogP contribution in [0.25, 0.3) is 22.0 Å². The number of terminal acetylenes is 1. The SMILES string of the molecule is C#Cc1ccc(-c2nnc(NC3CC(C)(O)C3)c3ccccc23)c(O)c1. The summed E-state index contributed by atoms with van der Waals surface area (Å²) in [7, 11) is 0. The van der Waals surface area contributed by atoms with Crippen molar-refractivity contribution in [2.75, 3.05) is 5.32 Å². The van der Waals surface area contributed by atoms with E-state index in [0.717, 1.165) is 10.8 Å². The van der Waals surface area contributed by atoms with Crippen LogP contribution in [0.2, 0.25) is 0 Å². The van der Waals surface area contributed by atoms with Crippen LogP contribution in [0.3, 0.4) is 0 Å².